The molecule has 0 radical (unpaired) electrons. The van der Waals surface area contributed by atoms with E-state index in [1.807, 2.05) is 0 Å². The lowest BCUT2D eigenvalue weighted by Gasteiger charge is -2.18. The van der Waals surface area contributed by atoms with Crippen molar-refractivity contribution in [1.82, 2.24) is 0 Å². The molecule has 26 heavy (non-hydrogen) atoms. The van der Waals surface area contributed by atoms with E-state index in [4.69, 9.17) is 16.3 Å². The van der Waals surface area contributed by atoms with Crippen LogP contribution < -0.4 is 0 Å². The summed E-state index contributed by atoms with van der Waals surface area (Å²) >= 11 is 6.30. The Balaban J connectivity index is 1.76. The van der Waals surface area contributed by atoms with Crippen molar-refractivity contribution < 1.29 is 4.74 Å². The first kappa shape index (κ1) is 24.3. The van der Waals surface area contributed by atoms with E-state index in [9.17, 15) is 0 Å². The monoisotopic (exact) mass is 386 g/mol. The Morgan fingerprint density at radius 2 is 1.08 bits per heavy atom. The molecule has 0 aliphatic carbocycles. The molecule has 1 saturated heterocycles. The van der Waals surface area contributed by atoms with E-state index >= 15 is 0 Å². The minimum Gasteiger partial charge on any atom is -0.362 e. The van der Waals surface area contributed by atoms with Gasteiger partial charge in [0.2, 0.25) is 0 Å². The average Bonchev–Trinajstić information content (AvgIpc) is 3.01. The third-order valence-corrected chi connectivity index (χ3v) is 6.78. The summed E-state index contributed by atoms with van der Waals surface area (Å²) in [6, 6.07) is 0. The molecule has 1 aliphatic rings. The molecule has 0 bridgehead atoms. The standard InChI is InChI=1S/C24H47ClO/c1-3-5-6-7-8-9-10-11-12-13-14-15-16-17-18-19-20-23-22(4-2)21-26-24(23)25/h22-24H,3-21H2,1-2H3. The van der Waals surface area contributed by atoms with Gasteiger partial charge >= 0.3 is 0 Å². The van der Waals surface area contributed by atoms with E-state index in [1.54, 1.807) is 0 Å². The van der Waals surface area contributed by atoms with E-state index in [-0.39, 0.29) is 5.56 Å². The normalized spacial score (nSPS) is 23.0. The summed E-state index contributed by atoms with van der Waals surface area (Å²) in [6.07, 6.45) is 25.5. The number of halogens is 1. The number of alkyl halides is 1. The lowest BCUT2D eigenvalue weighted by Crippen LogP contribution is -2.15. The van der Waals surface area contributed by atoms with Crippen LogP contribution in [0.2, 0.25) is 0 Å². The molecule has 3 unspecified atom stereocenters. The Kier molecular flexibility index (Phi) is 16.2. The maximum absolute atomic E-state index is 6.30. The van der Waals surface area contributed by atoms with E-state index < -0.39 is 0 Å². The summed E-state index contributed by atoms with van der Waals surface area (Å²) in [5.41, 5.74) is -0.0173. The van der Waals surface area contributed by atoms with Crippen LogP contribution in [-0.4, -0.2) is 12.2 Å². The quantitative estimate of drug-likeness (QED) is 0.169. The van der Waals surface area contributed by atoms with Gasteiger partial charge in [-0.3, -0.25) is 0 Å². The van der Waals surface area contributed by atoms with Crippen molar-refractivity contribution in [1.29, 1.82) is 0 Å². The Morgan fingerprint density at radius 3 is 1.50 bits per heavy atom. The van der Waals surface area contributed by atoms with Crippen LogP contribution in [0, 0.1) is 11.8 Å². The second-order valence-corrected chi connectivity index (χ2v) is 9.04. The van der Waals surface area contributed by atoms with Crippen molar-refractivity contribution in [2.75, 3.05) is 6.61 Å². The minimum absolute atomic E-state index is 0.0173. The fraction of sp³-hybridized carbons (Fsp3) is 1.00. The number of rotatable bonds is 18. The average molecular weight is 387 g/mol. The summed E-state index contributed by atoms with van der Waals surface area (Å²) in [6.45, 7) is 5.45. The molecule has 1 nitrogen and oxygen atoms in total. The molecular weight excluding hydrogens is 340 g/mol. The van der Waals surface area contributed by atoms with Crippen LogP contribution in [0.1, 0.15) is 129 Å². The van der Waals surface area contributed by atoms with Crippen LogP contribution in [0.3, 0.4) is 0 Å². The third kappa shape index (κ3) is 11.9. The smallest absolute Gasteiger partial charge is 0.134 e. The molecule has 0 aromatic heterocycles. The molecular formula is C24H47ClO. The van der Waals surface area contributed by atoms with E-state index in [1.165, 1.54) is 116 Å². The summed E-state index contributed by atoms with van der Waals surface area (Å²) in [7, 11) is 0. The highest BCUT2D eigenvalue weighted by molar-refractivity contribution is 6.20. The van der Waals surface area contributed by atoms with E-state index in [2.05, 4.69) is 13.8 Å². The molecule has 0 N–H and O–H groups in total. The summed E-state index contributed by atoms with van der Waals surface area (Å²) in [5.74, 6) is 1.31. The molecule has 2 heteroatoms. The van der Waals surface area contributed by atoms with E-state index in [0.717, 1.165) is 6.61 Å². The van der Waals surface area contributed by atoms with Crippen LogP contribution in [0.15, 0.2) is 0 Å². The SMILES string of the molecule is CCCCCCCCCCCCCCCCCCC1C(CC)COC1Cl. The fourth-order valence-corrected chi connectivity index (χ4v) is 4.80. The van der Waals surface area contributed by atoms with E-state index in [0.29, 0.717) is 11.8 Å². The highest BCUT2D eigenvalue weighted by Crippen LogP contribution is 2.35. The molecule has 0 saturated carbocycles. The molecule has 0 aromatic carbocycles. The molecule has 3 atom stereocenters. The lowest BCUT2D eigenvalue weighted by atomic mass is 9.88. The Labute approximate surface area is 170 Å². The van der Waals surface area contributed by atoms with Gasteiger partial charge in [-0.15, -0.1) is 0 Å². The number of ether oxygens (including phenoxy) is 1. The molecule has 156 valence electrons. The van der Waals surface area contributed by atoms with Crippen LogP contribution in [0.25, 0.3) is 0 Å². The summed E-state index contributed by atoms with van der Waals surface area (Å²) in [4.78, 5) is 0. The Bertz CT molecular complexity index is 294. The highest BCUT2D eigenvalue weighted by Gasteiger charge is 2.33. The van der Waals surface area contributed by atoms with Gasteiger partial charge in [-0.05, 0) is 12.3 Å². The van der Waals surface area contributed by atoms with Crippen molar-refractivity contribution in [3.63, 3.8) is 0 Å². The third-order valence-electron chi connectivity index (χ3n) is 6.33. The van der Waals surface area contributed by atoms with Gasteiger partial charge in [0.25, 0.3) is 0 Å². The zero-order valence-electron chi connectivity index (χ0n) is 18.0. The fourth-order valence-electron chi connectivity index (χ4n) is 4.39. The number of hydrogen-bond donors (Lipinski definition) is 0. The molecule has 1 fully saturated rings. The molecule has 1 rings (SSSR count). The van der Waals surface area contributed by atoms with Gasteiger partial charge in [0.1, 0.15) is 5.56 Å². The predicted molar refractivity (Wildman–Crippen MR) is 117 cm³/mol. The lowest BCUT2D eigenvalue weighted by molar-refractivity contribution is 0.148. The number of unbranched alkanes of at least 4 members (excludes halogenated alkanes) is 15. The van der Waals surface area contributed by atoms with Crippen molar-refractivity contribution in [3.05, 3.63) is 0 Å². The van der Waals surface area contributed by atoms with Crippen molar-refractivity contribution in [3.8, 4) is 0 Å². The van der Waals surface area contributed by atoms with Crippen LogP contribution in [0.4, 0.5) is 0 Å². The van der Waals surface area contributed by atoms with Gasteiger partial charge in [0, 0.05) is 5.92 Å². The molecule has 0 amide bonds. The summed E-state index contributed by atoms with van der Waals surface area (Å²) in [5, 5.41) is 0. The highest BCUT2D eigenvalue weighted by atomic mass is 35.5. The predicted octanol–water partition coefficient (Wildman–Crippen LogP) is 8.88. The van der Waals surface area contributed by atoms with Gasteiger partial charge in [-0.25, -0.2) is 0 Å². The first-order valence-corrected chi connectivity index (χ1v) is 12.5. The van der Waals surface area contributed by atoms with Crippen LogP contribution in [-0.2, 0) is 4.74 Å². The van der Waals surface area contributed by atoms with Gasteiger partial charge in [0.15, 0.2) is 0 Å². The molecule has 0 spiro atoms. The molecule has 1 aliphatic heterocycles. The zero-order chi connectivity index (χ0) is 18.9. The Hall–Kier alpha value is 0.250. The van der Waals surface area contributed by atoms with Gasteiger partial charge in [-0.2, -0.15) is 0 Å². The first-order valence-electron chi connectivity index (χ1n) is 12.0. The van der Waals surface area contributed by atoms with Crippen LogP contribution in [0.5, 0.6) is 0 Å². The maximum atomic E-state index is 6.30. The largest absolute Gasteiger partial charge is 0.362 e. The summed E-state index contributed by atoms with van der Waals surface area (Å²) < 4.78 is 5.61. The van der Waals surface area contributed by atoms with Crippen molar-refractivity contribution in [2.45, 2.75) is 135 Å². The van der Waals surface area contributed by atoms with Crippen LogP contribution >= 0.6 is 11.6 Å². The minimum atomic E-state index is -0.0173. The number of hydrogen-bond acceptors (Lipinski definition) is 1. The topological polar surface area (TPSA) is 9.23 Å². The zero-order valence-corrected chi connectivity index (χ0v) is 18.7. The van der Waals surface area contributed by atoms with Gasteiger partial charge in [-0.1, -0.05) is 135 Å². The second kappa shape index (κ2) is 17.4. The first-order chi connectivity index (χ1) is 12.8. The van der Waals surface area contributed by atoms with Crippen molar-refractivity contribution >= 4 is 11.6 Å². The molecule has 0 aromatic rings. The van der Waals surface area contributed by atoms with Gasteiger partial charge < -0.3 is 4.74 Å². The molecule has 1 heterocycles. The van der Waals surface area contributed by atoms with Crippen molar-refractivity contribution in [2.24, 2.45) is 11.8 Å². The maximum Gasteiger partial charge on any atom is 0.134 e. The van der Waals surface area contributed by atoms with Gasteiger partial charge in [0.05, 0.1) is 6.61 Å². The second-order valence-electron chi connectivity index (χ2n) is 8.61. The Morgan fingerprint density at radius 1 is 0.654 bits per heavy atom.